The fourth-order valence-electron chi connectivity index (χ4n) is 9.46. The van der Waals surface area contributed by atoms with E-state index in [9.17, 15) is 28.8 Å². The number of aryl methyl sites for hydroxylation is 1. The summed E-state index contributed by atoms with van der Waals surface area (Å²) in [5, 5.41) is 8.06. The number of ether oxygens (including phenoxy) is 3. The maximum atomic E-state index is 15.6. The number of halogens is 3. The second-order valence-electron chi connectivity index (χ2n) is 17.4. The molecule has 3 fully saturated rings. The molecule has 358 valence electrons. The van der Waals surface area contributed by atoms with E-state index in [1.165, 1.54) is 31.3 Å². The average Bonchev–Trinajstić information content (AvgIpc) is 3.92. The van der Waals surface area contributed by atoms with Gasteiger partial charge in [0.1, 0.15) is 23.3 Å². The number of likely N-dealkylation sites (tertiary alicyclic amines) is 1. The number of nitrogens with zero attached hydrogens (tertiary/aromatic N) is 6. The van der Waals surface area contributed by atoms with E-state index in [1.54, 1.807) is 18.2 Å². The topological polar surface area (TPSA) is 205 Å². The highest BCUT2D eigenvalue weighted by atomic mass is 19.3. The van der Waals surface area contributed by atoms with Crippen LogP contribution in [0.1, 0.15) is 94.4 Å². The smallest absolute Gasteiger partial charge is 0.342 e. The number of methoxy groups -OCH3 is 1. The molecule has 1 atom stereocenters. The molecule has 21 heteroatoms. The highest BCUT2D eigenvalue weighted by Crippen LogP contribution is 2.40. The molecule has 8 rings (SSSR count). The van der Waals surface area contributed by atoms with Gasteiger partial charge < -0.3 is 39.5 Å². The molecule has 2 aromatic carbocycles. The number of carbonyl (C=O) groups excluding carboxylic acids is 6. The Balaban J connectivity index is 0.749. The van der Waals surface area contributed by atoms with E-state index in [0.717, 1.165) is 28.7 Å². The number of benzene rings is 2. The van der Waals surface area contributed by atoms with Gasteiger partial charge in [-0.05, 0) is 62.6 Å². The molecule has 1 saturated carbocycles. The standard InChI is InChI=1S/C46H54F3N9O9/c1-55-35-25-50-45(54-39(35)57(29-9-3-4-10-29)26-46(48,49)44(55)64)52-33-24-32(47)31(23-36(33)65-2)40(60)51-28-14-16-56(17-15-28)18-20-67-22-21-66-19-6-8-27-7-5-11-30-38(27)43(63)58(42(30)62)34-12-13-37(59)53-41(34)61/h5,7,11,23-25,28-29,34H,3-4,6,8-10,12-22,26H2,1-2H3,(H,51,60)(H,50,52,54)(H,53,59,61). The number of alkyl halides is 2. The minimum Gasteiger partial charge on any atom is -0.495 e. The summed E-state index contributed by atoms with van der Waals surface area (Å²) < 4.78 is 62.7. The Hall–Kier alpha value is -6.19. The lowest BCUT2D eigenvalue weighted by atomic mass is 9.99. The summed E-state index contributed by atoms with van der Waals surface area (Å²) in [6.45, 7) is 2.88. The van der Waals surface area contributed by atoms with Crippen molar-refractivity contribution in [3.8, 4) is 5.75 Å². The number of hydrogen-bond donors (Lipinski definition) is 3. The molecule has 5 aliphatic rings. The normalized spacial score (nSPS) is 20.2. The van der Waals surface area contributed by atoms with Gasteiger partial charge in [0.05, 0.1) is 62.0 Å². The van der Waals surface area contributed by atoms with Crippen LogP contribution in [-0.2, 0) is 30.3 Å². The molecule has 1 aliphatic carbocycles. The van der Waals surface area contributed by atoms with E-state index in [2.05, 4.69) is 30.8 Å². The first-order valence-electron chi connectivity index (χ1n) is 22.7. The summed E-state index contributed by atoms with van der Waals surface area (Å²) in [5.74, 6) is -8.28. The molecule has 4 aliphatic heterocycles. The molecule has 3 aromatic rings. The van der Waals surface area contributed by atoms with Crippen molar-refractivity contribution < 1.29 is 56.1 Å². The molecule has 1 unspecified atom stereocenters. The molecular formula is C46H54F3N9O9. The van der Waals surface area contributed by atoms with Gasteiger partial charge in [0, 0.05) is 57.9 Å². The predicted octanol–water partition coefficient (Wildman–Crippen LogP) is 3.99. The minimum atomic E-state index is -3.64. The van der Waals surface area contributed by atoms with Crippen LogP contribution in [0.4, 0.5) is 36.3 Å². The van der Waals surface area contributed by atoms with Crippen LogP contribution in [0, 0.1) is 5.82 Å². The van der Waals surface area contributed by atoms with Gasteiger partial charge in [-0.15, -0.1) is 0 Å². The number of amides is 6. The SMILES string of the molecule is COc1cc(C(=O)NC2CCN(CCOCCOCCCc3cccc4c3C(=O)N(C3CCC(=O)NC3=O)C4=O)CC2)c(F)cc1Nc1ncc2c(n1)N(C1CCCC1)CC(F)(F)C(=O)N2C. The third-order valence-corrected chi connectivity index (χ3v) is 13.1. The maximum Gasteiger partial charge on any atom is 0.342 e. The second kappa shape index (κ2) is 20.4. The van der Waals surface area contributed by atoms with Gasteiger partial charge >= 0.3 is 5.92 Å². The van der Waals surface area contributed by atoms with Crippen molar-refractivity contribution in [2.75, 3.05) is 81.9 Å². The molecular weight excluding hydrogens is 880 g/mol. The van der Waals surface area contributed by atoms with Crippen molar-refractivity contribution in [3.63, 3.8) is 0 Å². The summed E-state index contributed by atoms with van der Waals surface area (Å²) in [6.07, 6.45) is 6.89. The highest BCUT2D eigenvalue weighted by molar-refractivity contribution is 6.24. The van der Waals surface area contributed by atoms with Crippen molar-refractivity contribution in [3.05, 3.63) is 64.6 Å². The zero-order valence-electron chi connectivity index (χ0n) is 37.4. The molecule has 1 aromatic heterocycles. The van der Waals surface area contributed by atoms with Crippen LogP contribution in [0.5, 0.6) is 5.75 Å². The van der Waals surface area contributed by atoms with Gasteiger partial charge in [0.15, 0.2) is 5.82 Å². The number of piperidine rings is 2. The fourth-order valence-corrected chi connectivity index (χ4v) is 9.46. The van der Waals surface area contributed by atoms with Crippen LogP contribution < -0.4 is 30.5 Å². The third kappa shape index (κ3) is 10.2. The molecule has 18 nitrogen and oxygen atoms in total. The van der Waals surface area contributed by atoms with Gasteiger partial charge in [-0.3, -0.25) is 39.0 Å². The molecule has 0 radical (unpaired) electrons. The molecule has 6 amide bonds. The number of hydrogen-bond acceptors (Lipinski definition) is 14. The Bertz CT molecular complexity index is 2410. The molecule has 0 bridgehead atoms. The van der Waals surface area contributed by atoms with Crippen LogP contribution in [0.15, 0.2) is 36.5 Å². The predicted molar refractivity (Wildman–Crippen MR) is 236 cm³/mol. The van der Waals surface area contributed by atoms with E-state index in [-0.39, 0.29) is 64.9 Å². The number of aromatic nitrogens is 2. The van der Waals surface area contributed by atoms with E-state index >= 15 is 13.2 Å². The first-order valence-corrected chi connectivity index (χ1v) is 22.7. The van der Waals surface area contributed by atoms with Crippen LogP contribution in [-0.4, -0.2) is 146 Å². The van der Waals surface area contributed by atoms with Crippen molar-refractivity contribution in [1.82, 2.24) is 30.4 Å². The first kappa shape index (κ1) is 47.3. The van der Waals surface area contributed by atoms with E-state index in [1.807, 2.05) is 0 Å². The Labute approximate surface area is 384 Å². The van der Waals surface area contributed by atoms with Gasteiger partial charge in [0.25, 0.3) is 23.6 Å². The Morgan fingerprint density at radius 2 is 1.70 bits per heavy atom. The third-order valence-electron chi connectivity index (χ3n) is 13.1. The molecule has 67 heavy (non-hydrogen) atoms. The average molecular weight is 934 g/mol. The van der Waals surface area contributed by atoms with Gasteiger partial charge in [0.2, 0.25) is 17.8 Å². The number of anilines is 4. The largest absolute Gasteiger partial charge is 0.495 e. The maximum absolute atomic E-state index is 15.6. The van der Waals surface area contributed by atoms with Crippen molar-refractivity contribution in [1.29, 1.82) is 0 Å². The minimum absolute atomic E-state index is 0.0307. The van der Waals surface area contributed by atoms with Gasteiger partial charge in [-0.1, -0.05) is 25.0 Å². The summed E-state index contributed by atoms with van der Waals surface area (Å²) >= 11 is 0. The quantitative estimate of drug-likeness (QED) is 0.129. The van der Waals surface area contributed by atoms with Crippen LogP contribution in [0.2, 0.25) is 0 Å². The van der Waals surface area contributed by atoms with Gasteiger partial charge in [-0.25, -0.2) is 9.37 Å². The van der Waals surface area contributed by atoms with Crippen molar-refractivity contribution in [2.45, 2.75) is 88.3 Å². The zero-order valence-corrected chi connectivity index (χ0v) is 37.4. The monoisotopic (exact) mass is 933 g/mol. The summed E-state index contributed by atoms with van der Waals surface area (Å²) in [6, 6.07) is 6.01. The van der Waals surface area contributed by atoms with E-state index < -0.39 is 59.8 Å². The Morgan fingerprint density at radius 1 is 0.955 bits per heavy atom. The van der Waals surface area contributed by atoms with E-state index in [4.69, 9.17) is 14.2 Å². The molecule has 5 heterocycles. The zero-order chi connectivity index (χ0) is 47.4. The molecule has 2 saturated heterocycles. The van der Waals surface area contributed by atoms with Crippen LogP contribution in [0.3, 0.4) is 0 Å². The summed E-state index contributed by atoms with van der Waals surface area (Å²) in [7, 11) is 2.63. The lowest BCUT2D eigenvalue weighted by molar-refractivity contribution is -0.140. The van der Waals surface area contributed by atoms with Crippen LogP contribution in [0.25, 0.3) is 0 Å². The number of carbonyl (C=O) groups is 6. The fraction of sp³-hybridized carbons (Fsp3) is 0.522. The lowest BCUT2D eigenvalue weighted by Crippen LogP contribution is -2.54. The number of fused-ring (bicyclic) bond motifs is 2. The Kier molecular flexibility index (Phi) is 14.4. The second-order valence-corrected chi connectivity index (χ2v) is 17.4. The number of imide groups is 2. The van der Waals surface area contributed by atoms with Gasteiger partial charge in [-0.2, -0.15) is 13.8 Å². The number of rotatable bonds is 17. The van der Waals surface area contributed by atoms with E-state index in [0.29, 0.717) is 95.7 Å². The summed E-state index contributed by atoms with van der Waals surface area (Å²) in [4.78, 5) is 90.7. The van der Waals surface area contributed by atoms with Crippen molar-refractivity contribution in [2.24, 2.45) is 0 Å². The molecule has 0 spiro atoms. The first-order chi connectivity index (χ1) is 32.2. The molecule has 3 N–H and O–H groups in total. The Morgan fingerprint density at radius 3 is 2.43 bits per heavy atom. The van der Waals surface area contributed by atoms with Crippen LogP contribution >= 0.6 is 0 Å². The number of nitrogens with one attached hydrogen (secondary N) is 3. The van der Waals surface area contributed by atoms with Crippen molar-refractivity contribution >= 4 is 58.6 Å². The highest BCUT2D eigenvalue weighted by Gasteiger charge is 2.49. The summed E-state index contributed by atoms with van der Waals surface area (Å²) in [5.41, 5.74) is 1.27. The lowest BCUT2D eigenvalue weighted by Gasteiger charge is -2.32.